The molecule has 1 N–H and O–H groups in total. The maximum absolute atomic E-state index is 4.61. The molecule has 2 aromatic heterocycles. The summed E-state index contributed by atoms with van der Waals surface area (Å²) in [5, 5.41) is 8.20. The largest absolute Gasteiger partial charge is 0.365 e. The monoisotopic (exact) mass is 285 g/mol. The summed E-state index contributed by atoms with van der Waals surface area (Å²) < 4.78 is 1.86. The van der Waals surface area contributed by atoms with Crippen LogP contribution in [0.5, 0.6) is 0 Å². The summed E-state index contributed by atoms with van der Waals surface area (Å²) in [7, 11) is 0. The first-order valence-electron chi connectivity index (χ1n) is 8.11. The topological polar surface area (TPSA) is 45.5 Å². The van der Waals surface area contributed by atoms with Crippen molar-refractivity contribution in [2.24, 2.45) is 0 Å². The van der Waals surface area contributed by atoms with Crippen LogP contribution in [0.2, 0.25) is 0 Å². The molecule has 2 aliphatic rings. The number of hydrogen-bond acceptors (Lipinski definition) is 4. The van der Waals surface area contributed by atoms with Crippen LogP contribution >= 0.6 is 0 Å². The summed E-state index contributed by atoms with van der Waals surface area (Å²) in [6, 6.07) is 5.44. The van der Waals surface area contributed by atoms with Gasteiger partial charge in [-0.1, -0.05) is 12.8 Å². The standard InChI is InChI=1S/C16H23N5/c1-12-10-21-16(17-12)7-6-15(19-21)18-13-8-9-20(11-13)14-4-2-3-5-14/h6-7,10,13-14H,2-5,8-9,11H2,1H3,(H,18,19)/t13-/m0/s1. The molecule has 4 rings (SSSR count). The van der Waals surface area contributed by atoms with Gasteiger partial charge in [0.15, 0.2) is 5.65 Å². The van der Waals surface area contributed by atoms with Crippen LogP contribution in [0, 0.1) is 6.92 Å². The first kappa shape index (κ1) is 13.1. The third-order valence-electron chi connectivity index (χ3n) is 4.85. The van der Waals surface area contributed by atoms with E-state index in [9.17, 15) is 0 Å². The van der Waals surface area contributed by atoms with Crippen molar-refractivity contribution in [3.05, 3.63) is 24.0 Å². The van der Waals surface area contributed by atoms with E-state index in [1.807, 2.05) is 29.8 Å². The van der Waals surface area contributed by atoms with Crippen molar-refractivity contribution < 1.29 is 0 Å². The van der Waals surface area contributed by atoms with Gasteiger partial charge in [-0.2, -0.15) is 0 Å². The van der Waals surface area contributed by atoms with Crippen molar-refractivity contribution in [2.45, 2.75) is 51.1 Å². The van der Waals surface area contributed by atoms with Gasteiger partial charge < -0.3 is 5.32 Å². The predicted molar refractivity (Wildman–Crippen MR) is 83.6 cm³/mol. The van der Waals surface area contributed by atoms with E-state index in [-0.39, 0.29) is 0 Å². The molecule has 0 bridgehead atoms. The lowest BCUT2D eigenvalue weighted by molar-refractivity contribution is 0.245. The van der Waals surface area contributed by atoms with Crippen LogP contribution in [0.25, 0.3) is 5.65 Å². The van der Waals surface area contributed by atoms with Crippen LogP contribution in [0.15, 0.2) is 18.3 Å². The van der Waals surface area contributed by atoms with E-state index in [2.05, 4.69) is 20.3 Å². The highest BCUT2D eigenvalue weighted by Gasteiger charge is 2.29. The van der Waals surface area contributed by atoms with Gasteiger partial charge in [-0.3, -0.25) is 4.90 Å². The molecule has 112 valence electrons. The summed E-state index contributed by atoms with van der Waals surface area (Å²) in [6.07, 6.45) is 8.81. The molecule has 3 heterocycles. The zero-order chi connectivity index (χ0) is 14.2. The molecule has 5 heteroatoms. The highest BCUT2D eigenvalue weighted by atomic mass is 15.3. The number of nitrogens with one attached hydrogen (secondary N) is 1. The van der Waals surface area contributed by atoms with Gasteiger partial charge in [0.05, 0.1) is 11.9 Å². The number of fused-ring (bicyclic) bond motifs is 1. The van der Waals surface area contributed by atoms with Gasteiger partial charge in [0.25, 0.3) is 0 Å². The maximum Gasteiger partial charge on any atom is 0.153 e. The average Bonchev–Trinajstić information content (AvgIpc) is 3.16. The Kier molecular flexibility index (Phi) is 3.30. The Morgan fingerprint density at radius 1 is 1.19 bits per heavy atom. The second-order valence-corrected chi connectivity index (χ2v) is 6.47. The number of aryl methyl sites for hydroxylation is 1. The van der Waals surface area contributed by atoms with Gasteiger partial charge in [-0.15, -0.1) is 5.10 Å². The van der Waals surface area contributed by atoms with Crippen LogP contribution in [0.4, 0.5) is 5.82 Å². The molecular weight excluding hydrogens is 262 g/mol. The molecule has 2 fully saturated rings. The number of aromatic nitrogens is 3. The summed E-state index contributed by atoms with van der Waals surface area (Å²) in [5.41, 5.74) is 1.92. The van der Waals surface area contributed by atoms with E-state index < -0.39 is 0 Å². The average molecular weight is 285 g/mol. The second kappa shape index (κ2) is 5.30. The number of rotatable bonds is 3. The van der Waals surface area contributed by atoms with E-state index >= 15 is 0 Å². The normalized spacial score (nSPS) is 24.1. The Morgan fingerprint density at radius 2 is 2.05 bits per heavy atom. The molecule has 0 amide bonds. The van der Waals surface area contributed by atoms with E-state index in [0.717, 1.165) is 29.7 Å². The molecule has 1 saturated carbocycles. The molecule has 0 radical (unpaired) electrons. The van der Waals surface area contributed by atoms with Crippen molar-refractivity contribution in [3.63, 3.8) is 0 Å². The molecule has 1 aliphatic heterocycles. The number of likely N-dealkylation sites (tertiary alicyclic amines) is 1. The van der Waals surface area contributed by atoms with Gasteiger partial charge in [0, 0.05) is 25.2 Å². The van der Waals surface area contributed by atoms with Crippen LogP contribution in [-0.4, -0.2) is 44.7 Å². The van der Waals surface area contributed by atoms with E-state index in [4.69, 9.17) is 0 Å². The first-order valence-corrected chi connectivity index (χ1v) is 8.11. The van der Waals surface area contributed by atoms with E-state index in [1.165, 1.54) is 38.6 Å². The van der Waals surface area contributed by atoms with Gasteiger partial charge in [0.2, 0.25) is 0 Å². The molecule has 1 saturated heterocycles. The van der Waals surface area contributed by atoms with Gasteiger partial charge in [-0.25, -0.2) is 9.50 Å². The zero-order valence-electron chi connectivity index (χ0n) is 12.6. The lowest BCUT2D eigenvalue weighted by Crippen LogP contribution is -2.33. The van der Waals surface area contributed by atoms with Crippen LogP contribution in [-0.2, 0) is 0 Å². The summed E-state index contributed by atoms with van der Waals surface area (Å²) in [5.74, 6) is 0.957. The Labute approximate surface area is 125 Å². The lowest BCUT2D eigenvalue weighted by Gasteiger charge is -2.23. The second-order valence-electron chi connectivity index (χ2n) is 6.47. The van der Waals surface area contributed by atoms with Crippen molar-refractivity contribution in [2.75, 3.05) is 18.4 Å². The van der Waals surface area contributed by atoms with Gasteiger partial charge >= 0.3 is 0 Å². The smallest absolute Gasteiger partial charge is 0.153 e. The highest BCUT2D eigenvalue weighted by Crippen LogP contribution is 2.27. The van der Waals surface area contributed by atoms with Crippen molar-refractivity contribution >= 4 is 11.5 Å². The van der Waals surface area contributed by atoms with Crippen LogP contribution < -0.4 is 5.32 Å². The summed E-state index contributed by atoms with van der Waals surface area (Å²) in [4.78, 5) is 7.09. The van der Waals surface area contributed by atoms with E-state index in [1.54, 1.807) is 0 Å². The molecule has 0 aromatic carbocycles. The fourth-order valence-corrected chi connectivity index (χ4v) is 3.79. The van der Waals surface area contributed by atoms with Crippen molar-refractivity contribution in [1.29, 1.82) is 0 Å². The molecule has 2 aromatic rings. The van der Waals surface area contributed by atoms with E-state index in [0.29, 0.717) is 6.04 Å². The molecular formula is C16H23N5. The summed E-state index contributed by atoms with van der Waals surface area (Å²) >= 11 is 0. The minimum Gasteiger partial charge on any atom is -0.365 e. The quantitative estimate of drug-likeness (QED) is 0.941. The van der Waals surface area contributed by atoms with Gasteiger partial charge in [-0.05, 0) is 38.3 Å². The minimum absolute atomic E-state index is 0.528. The number of imidazole rings is 1. The Hall–Kier alpha value is -1.62. The van der Waals surface area contributed by atoms with Crippen molar-refractivity contribution in [1.82, 2.24) is 19.5 Å². The minimum atomic E-state index is 0.528. The number of hydrogen-bond donors (Lipinski definition) is 1. The molecule has 0 unspecified atom stereocenters. The van der Waals surface area contributed by atoms with Gasteiger partial charge in [0.1, 0.15) is 5.82 Å². The fourth-order valence-electron chi connectivity index (χ4n) is 3.79. The molecule has 1 aliphatic carbocycles. The molecule has 5 nitrogen and oxygen atoms in total. The number of anilines is 1. The maximum atomic E-state index is 4.61. The Balaban J connectivity index is 1.42. The predicted octanol–water partition coefficient (Wildman–Crippen LogP) is 2.47. The number of nitrogens with zero attached hydrogens (tertiary/aromatic N) is 4. The third-order valence-corrected chi connectivity index (χ3v) is 4.85. The molecule has 1 atom stereocenters. The van der Waals surface area contributed by atoms with Crippen molar-refractivity contribution in [3.8, 4) is 0 Å². The molecule has 21 heavy (non-hydrogen) atoms. The SMILES string of the molecule is Cc1cn2nc(N[C@H]3CCN(C4CCCC4)C3)ccc2n1. The highest BCUT2D eigenvalue weighted by molar-refractivity contribution is 5.45. The fraction of sp³-hybridized carbons (Fsp3) is 0.625. The Morgan fingerprint density at radius 3 is 2.90 bits per heavy atom. The van der Waals surface area contributed by atoms with Crippen LogP contribution in [0.3, 0.4) is 0 Å². The van der Waals surface area contributed by atoms with Crippen LogP contribution in [0.1, 0.15) is 37.8 Å². The lowest BCUT2D eigenvalue weighted by atomic mass is 10.2. The molecule has 0 spiro atoms. The third kappa shape index (κ3) is 2.62. The zero-order valence-corrected chi connectivity index (χ0v) is 12.6. The summed E-state index contributed by atoms with van der Waals surface area (Å²) in [6.45, 7) is 4.39. The first-order chi connectivity index (χ1) is 10.3. The Bertz CT molecular complexity index is 629.